The van der Waals surface area contributed by atoms with E-state index in [1.807, 2.05) is 76.6 Å². The van der Waals surface area contributed by atoms with Crippen LogP contribution in [0.3, 0.4) is 0 Å². The zero-order valence-corrected chi connectivity index (χ0v) is 37.5. The lowest BCUT2D eigenvalue weighted by Gasteiger charge is -2.31. The van der Waals surface area contributed by atoms with E-state index in [-0.39, 0.29) is 12.0 Å². The van der Waals surface area contributed by atoms with Gasteiger partial charge in [0.25, 0.3) is 0 Å². The van der Waals surface area contributed by atoms with Gasteiger partial charge in [0.2, 0.25) is 0 Å². The summed E-state index contributed by atoms with van der Waals surface area (Å²) in [5.41, 5.74) is 5.70. The Morgan fingerprint density at radius 2 is 0.897 bits per heavy atom. The summed E-state index contributed by atoms with van der Waals surface area (Å²) < 4.78 is 2.25. The first-order valence-electron chi connectivity index (χ1n) is 18.8. The molecule has 8 aromatic rings. The van der Waals surface area contributed by atoms with Crippen molar-refractivity contribution in [2.45, 2.75) is 53.3 Å². The molecule has 1 N–H and O–H groups in total. The van der Waals surface area contributed by atoms with Gasteiger partial charge in [0.1, 0.15) is 0 Å². The number of aliphatic hydroxyl groups excluding tert-OH is 1. The van der Waals surface area contributed by atoms with Gasteiger partial charge >= 0.3 is 0 Å². The van der Waals surface area contributed by atoms with Crippen LogP contribution in [0.1, 0.15) is 0 Å². The molecule has 0 radical (unpaired) electrons. The van der Waals surface area contributed by atoms with Crippen LogP contribution in [-0.2, 0) is 0 Å². The first kappa shape index (κ1) is 39.0. The lowest BCUT2D eigenvalue weighted by Crippen LogP contribution is -2.34. The van der Waals surface area contributed by atoms with Crippen molar-refractivity contribution in [3.05, 3.63) is 158 Å². The summed E-state index contributed by atoms with van der Waals surface area (Å²) >= 11 is 14.7. The SMILES string of the molecule is OCC(CSc1ccc(-c2cccc3c2Sc2ccccc2S3)cc1)(CSc1ccc(-c2cccc3c2Sc2ccccc2S3)cc1)CSc1nc2ccccc2s1. The number of thioether (sulfide) groups is 3. The highest BCUT2D eigenvalue weighted by molar-refractivity contribution is 8.05. The summed E-state index contributed by atoms with van der Waals surface area (Å²) in [6, 6.07) is 57.0. The largest absolute Gasteiger partial charge is 0.396 e. The summed E-state index contributed by atoms with van der Waals surface area (Å²) in [4.78, 5) is 17.9. The summed E-state index contributed by atoms with van der Waals surface area (Å²) in [7, 11) is 0. The molecule has 0 fully saturated rings. The second-order valence-corrected chi connectivity index (χ2v) is 22.7. The van der Waals surface area contributed by atoms with Crippen molar-refractivity contribution in [2.75, 3.05) is 23.9 Å². The molecule has 7 aromatic carbocycles. The van der Waals surface area contributed by atoms with Crippen molar-refractivity contribution in [2.24, 2.45) is 5.41 Å². The van der Waals surface area contributed by atoms with Gasteiger partial charge in [-0.05, 0) is 95.1 Å². The van der Waals surface area contributed by atoms with Crippen LogP contribution < -0.4 is 0 Å². The Morgan fingerprint density at radius 3 is 1.40 bits per heavy atom. The number of aromatic nitrogens is 1. The normalized spacial score (nSPS) is 13.1. The van der Waals surface area contributed by atoms with E-state index in [1.54, 1.807) is 23.1 Å². The zero-order valence-electron chi connectivity index (χ0n) is 31.0. The molecular formula is C48H35NOS8. The molecule has 0 bridgehead atoms. The van der Waals surface area contributed by atoms with Gasteiger partial charge < -0.3 is 5.11 Å². The summed E-state index contributed by atoms with van der Waals surface area (Å²) in [5, 5.41) is 11.2. The molecule has 58 heavy (non-hydrogen) atoms. The number of benzene rings is 7. The summed E-state index contributed by atoms with van der Waals surface area (Å²) in [5.74, 6) is 2.36. The monoisotopic (exact) mass is 897 g/mol. The number of aliphatic hydroxyl groups is 1. The third-order valence-electron chi connectivity index (χ3n) is 10.1. The Morgan fingerprint density at radius 1 is 0.448 bits per heavy atom. The quantitative estimate of drug-likeness (QED) is 0.121. The molecule has 0 amide bonds. The highest BCUT2D eigenvalue weighted by Gasteiger charge is 2.31. The second kappa shape index (κ2) is 17.4. The van der Waals surface area contributed by atoms with Gasteiger partial charge in [-0.3, -0.25) is 0 Å². The molecule has 0 saturated carbocycles. The van der Waals surface area contributed by atoms with E-state index in [0.29, 0.717) is 0 Å². The molecular weight excluding hydrogens is 863 g/mol. The molecule has 2 aliphatic rings. The molecule has 2 nitrogen and oxygen atoms in total. The van der Waals surface area contributed by atoms with Crippen LogP contribution in [-0.4, -0.2) is 34.0 Å². The molecule has 0 spiro atoms. The van der Waals surface area contributed by atoms with Gasteiger partial charge in [-0.2, -0.15) is 0 Å². The maximum Gasteiger partial charge on any atom is 0.151 e. The fourth-order valence-corrected chi connectivity index (χ4v) is 16.5. The predicted molar refractivity (Wildman–Crippen MR) is 254 cm³/mol. The van der Waals surface area contributed by atoms with Crippen LogP contribution in [0.15, 0.2) is 211 Å². The van der Waals surface area contributed by atoms with Crippen LogP contribution in [0.2, 0.25) is 0 Å². The van der Waals surface area contributed by atoms with Crippen LogP contribution in [0, 0.1) is 5.41 Å². The molecule has 1 aromatic heterocycles. The second-order valence-electron chi connectivity index (χ2n) is 14.1. The summed E-state index contributed by atoms with van der Waals surface area (Å²) in [6.07, 6.45) is 0. The van der Waals surface area contributed by atoms with E-state index in [9.17, 15) is 5.11 Å². The first-order chi connectivity index (χ1) is 28.6. The fourth-order valence-electron chi connectivity index (χ4n) is 6.88. The third kappa shape index (κ3) is 8.29. The summed E-state index contributed by atoms with van der Waals surface area (Å²) in [6.45, 7) is 0.0973. The maximum atomic E-state index is 11.2. The van der Waals surface area contributed by atoms with E-state index >= 15 is 0 Å². The van der Waals surface area contributed by atoms with E-state index < -0.39 is 0 Å². The van der Waals surface area contributed by atoms with E-state index in [2.05, 4.69) is 152 Å². The van der Waals surface area contributed by atoms with Gasteiger partial charge in [0, 0.05) is 71.6 Å². The molecule has 0 atom stereocenters. The molecule has 2 aliphatic heterocycles. The lowest BCUT2D eigenvalue weighted by molar-refractivity contribution is 0.188. The van der Waals surface area contributed by atoms with Crippen LogP contribution >= 0.6 is 93.7 Å². The van der Waals surface area contributed by atoms with Gasteiger partial charge in [-0.1, -0.05) is 144 Å². The topological polar surface area (TPSA) is 33.1 Å². The molecule has 10 rings (SSSR count). The van der Waals surface area contributed by atoms with Gasteiger partial charge in [-0.25, -0.2) is 4.98 Å². The van der Waals surface area contributed by atoms with Crippen molar-refractivity contribution in [1.29, 1.82) is 0 Å². The van der Waals surface area contributed by atoms with E-state index in [0.717, 1.165) is 27.1 Å². The number of rotatable bonds is 12. The first-order valence-corrected chi connectivity index (χ1v) is 25.8. The predicted octanol–water partition coefficient (Wildman–Crippen LogP) is 15.5. The highest BCUT2D eigenvalue weighted by Crippen LogP contribution is 2.53. The Kier molecular flexibility index (Phi) is 11.7. The standard InChI is InChI=1S/C48H35NOS8/c50-27-48(30-53-47-49-37-11-1-2-12-38(37)58-47,28-51-33-23-19-31(20-24-33)35-9-7-17-43-45(35)56-41-15-5-3-13-39(41)54-43)29-52-34-25-21-32(22-26-34)36-10-8-18-44-46(36)57-42-16-6-4-14-40(42)55-44/h1-26,50H,27-30H2. The van der Waals surface area contributed by atoms with Crippen LogP contribution in [0.25, 0.3) is 32.5 Å². The third-order valence-corrected chi connectivity index (χ3v) is 20.5. The Bertz CT molecular complexity index is 2570. The van der Waals surface area contributed by atoms with Crippen molar-refractivity contribution >= 4 is 104 Å². The van der Waals surface area contributed by atoms with Gasteiger partial charge in [0.05, 0.1) is 16.8 Å². The number of hydrogen-bond acceptors (Lipinski definition) is 10. The van der Waals surface area contributed by atoms with E-state index in [4.69, 9.17) is 4.98 Å². The highest BCUT2D eigenvalue weighted by atomic mass is 32.2. The minimum absolute atomic E-state index is 0.0973. The fraction of sp³-hybridized carbons (Fsp3) is 0.104. The molecule has 0 unspecified atom stereocenters. The van der Waals surface area contributed by atoms with Crippen molar-refractivity contribution in [1.82, 2.24) is 4.98 Å². The molecule has 10 heteroatoms. The molecule has 286 valence electrons. The average Bonchev–Trinajstić information content (AvgIpc) is 3.71. The lowest BCUT2D eigenvalue weighted by atomic mass is 9.97. The minimum atomic E-state index is -0.339. The zero-order chi connectivity index (χ0) is 38.9. The number of fused-ring (bicyclic) bond motifs is 5. The van der Waals surface area contributed by atoms with Crippen molar-refractivity contribution < 1.29 is 5.11 Å². The number of para-hydroxylation sites is 1. The van der Waals surface area contributed by atoms with Crippen molar-refractivity contribution in [3.63, 3.8) is 0 Å². The maximum absolute atomic E-state index is 11.2. The smallest absolute Gasteiger partial charge is 0.151 e. The van der Waals surface area contributed by atoms with E-state index in [1.165, 1.54) is 75.9 Å². The van der Waals surface area contributed by atoms with Crippen molar-refractivity contribution in [3.8, 4) is 22.3 Å². The van der Waals surface area contributed by atoms with Crippen LogP contribution in [0.5, 0.6) is 0 Å². The number of hydrogen-bond donors (Lipinski definition) is 1. The van der Waals surface area contributed by atoms with Crippen LogP contribution in [0.4, 0.5) is 0 Å². The van der Waals surface area contributed by atoms with Gasteiger partial charge in [0.15, 0.2) is 4.34 Å². The Hall–Kier alpha value is -3.16. The molecule has 0 saturated heterocycles. The molecule has 0 aliphatic carbocycles. The Labute approximate surface area is 373 Å². The minimum Gasteiger partial charge on any atom is -0.396 e. The number of nitrogens with zero attached hydrogens (tertiary/aromatic N) is 1. The Balaban J connectivity index is 0.864. The average molecular weight is 898 g/mol. The number of thiazole rings is 1. The molecule has 3 heterocycles. The van der Waals surface area contributed by atoms with Gasteiger partial charge in [-0.15, -0.1) is 34.9 Å².